The Kier molecular flexibility index (Phi) is 3.47. The number of nitrogens with two attached hydrogens (primary N) is 1. The van der Waals surface area contributed by atoms with Crippen LogP contribution in [0.3, 0.4) is 0 Å². The zero-order chi connectivity index (χ0) is 14.8. The zero-order valence-electron chi connectivity index (χ0n) is 11.4. The van der Waals surface area contributed by atoms with Crippen LogP contribution in [0.2, 0.25) is 0 Å². The second-order valence-electron chi connectivity index (χ2n) is 5.12. The van der Waals surface area contributed by atoms with Crippen LogP contribution in [-0.4, -0.2) is 40.0 Å². The molecule has 0 unspecified atom stereocenters. The first-order valence-electron chi connectivity index (χ1n) is 6.83. The predicted octanol–water partition coefficient (Wildman–Crippen LogP) is 1.12. The van der Waals surface area contributed by atoms with E-state index >= 15 is 0 Å². The van der Waals surface area contributed by atoms with Crippen molar-refractivity contribution in [2.45, 2.75) is 18.8 Å². The molecule has 0 spiro atoms. The number of carbonyl (C=O) groups excluding carboxylic acids is 2. The SMILES string of the molecule is NC(=O)c1cc(C2CCN(C(=O)c3ccco3)CC2)[nH]n1. The summed E-state index contributed by atoms with van der Waals surface area (Å²) in [7, 11) is 0. The van der Waals surface area contributed by atoms with E-state index in [0.29, 0.717) is 18.8 Å². The van der Waals surface area contributed by atoms with Gasteiger partial charge in [-0.1, -0.05) is 0 Å². The van der Waals surface area contributed by atoms with Crippen LogP contribution >= 0.6 is 0 Å². The summed E-state index contributed by atoms with van der Waals surface area (Å²) in [5.41, 5.74) is 6.33. The van der Waals surface area contributed by atoms with Gasteiger partial charge < -0.3 is 15.1 Å². The molecule has 3 N–H and O–H groups in total. The summed E-state index contributed by atoms with van der Waals surface area (Å²) in [6, 6.07) is 5.06. The van der Waals surface area contributed by atoms with E-state index in [1.165, 1.54) is 6.26 Å². The molecule has 1 saturated heterocycles. The summed E-state index contributed by atoms with van der Waals surface area (Å²) in [5.74, 6) is 0.000995. The molecule has 21 heavy (non-hydrogen) atoms. The number of H-pyrrole nitrogens is 1. The van der Waals surface area contributed by atoms with Crippen molar-refractivity contribution in [2.24, 2.45) is 5.73 Å². The van der Waals surface area contributed by atoms with Crippen molar-refractivity contribution in [1.82, 2.24) is 15.1 Å². The maximum atomic E-state index is 12.1. The maximum Gasteiger partial charge on any atom is 0.289 e. The molecule has 0 atom stereocenters. The van der Waals surface area contributed by atoms with Crippen molar-refractivity contribution in [3.8, 4) is 0 Å². The van der Waals surface area contributed by atoms with Gasteiger partial charge in [0, 0.05) is 24.7 Å². The Morgan fingerprint density at radius 3 is 2.71 bits per heavy atom. The minimum absolute atomic E-state index is 0.0825. The molecule has 0 aliphatic carbocycles. The third-order valence-electron chi connectivity index (χ3n) is 3.80. The van der Waals surface area contributed by atoms with Gasteiger partial charge in [0.1, 0.15) is 5.69 Å². The number of nitrogens with zero attached hydrogens (tertiary/aromatic N) is 2. The van der Waals surface area contributed by atoms with Gasteiger partial charge in [0.15, 0.2) is 5.76 Å². The topological polar surface area (TPSA) is 105 Å². The van der Waals surface area contributed by atoms with Crippen molar-refractivity contribution in [2.75, 3.05) is 13.1 Å². The van der Waals surface area contributed by atoms with Crippen LogP contribution in [0.4, 0.5) is 0 Å². The van der Waals surface area contributed by atoms with Gasteiger partial charge in [0.2, 0.25) is 0 Å². The van der Waals surface area contributed by atoms with E-state index in [1.807, 2.05) is 0 Å². The molecule has 7 heteroatoms. The average Bonchev–Trinajstić information content (AvgIpc) is 3.18. The van der Waals surface area contributed by atoms with Crippen molar-refractivity contribution in [3.05, 3.63) is 41.6 Å². The Bertz CT molecular complexity index is 639. The minimum atomic E-state index is -0.539. The highest BCUT2D eigenvalue weighted by atomic mass is 16.3. The lowest BCUT2D eigenvalue weighted by Crippen LogP contribution is -2.37. The van der Waals surface area contributed by atoms with Crippen molar-refractivity contribution < 1.29 is 14.0 Å². The third-order valence-corrected chi connectivity index (χ3v) is 3.80. The van der Waals surface area contributed by atoms with Crippen LogP contribution in [0.15, 0.2) is 28.9 Å². The summed E-state index contributed by atoms with van der Waals surface area (Å²) in [6.07, 6.45) is 3.12. The van der Waals surface area contributed by atoms with Crippen LogP contribution in [0.25, 0.3) is 0 Å². The summed E-state index contributed by atoms with van der Waals surface area (Å²) in [5, 5.41) is 6.75. The van der Waals surface area contributed by atoms with Gasteiger partial charge in [0.05, 0.1) is 6.26 Å². The predicted molar refractivity (Wildman–Crippen MR) is 73.7 cm³/mol. The fraction of sp³-hybridized carbons (Fsp3) is 0.357. The highest BCUT2D eigenvalue weighted by Gasteiger charge is 2.27. The number of primary amides is 1. The van der Waals surface area contributed by atoms with E-state index < -0.39 is 5.91 Å². The highest BCUT2D eigenvalue weighted by molar-refractivity contribution is 5.91. The smallest absolute Gasteiger partial charge is 0.289 e. The molecule has 3 heterocycles. The molecule has 0 radical (unpaired) electrons. The van der Waals surface area contributed by atoms with Crippen molar-refractivity contribution in [1.29, 1.82) is 0 Å². The Balaban J connectivity index is 1.62. The molecule has 7 nitrogen and oxygen atoms in total. The summed E-state index contributed by atoms with van der Waals surface area (Å²) in [4.78, 5) is 25.0. The number of aromatic nitrogens is 2. The van der Waals surface area contributed by atoms with Gasteiger partial charge in [-0.3, -0.25) is 14.7 Å². The zero-order valence-corrected chi connectivity index (χ0v) is 11.4. The molecule has 2 aromatic rings. The van der Waals surface area contributed by atoms with E-state index in [0.717, 1.165) is 18.5 Å². The summed E-state index contributed by atoms with van der Waals surface area (Å²) in [6.45, 7) is 1.30. The van der Waals surface area contributed by atoms with E-state index in [9.17, 15) is 9.59 Å². The summed E-state index contributed by atoms with van der Waals surface area (Å²) >= 11 is 0. The molecular formula is C14H16N4O3. The van der Waals surface area contributed by atoms with Crippen LogP contribution in [0.1, 0.15) is 45.5 Å². The number of carbonyl (C=O) groups is 2. The molecule has 0 bridgehead atoms. The first-order chi connectivity index (χ1) is 10.1. The molecular weight excluding hydrogens is 272 g/mol. The Morgan fingerprint density at radius 1 is 1.38 bits per heavy atom. The lowest BCUT2D eigenvalue weighted by Gasteiger charge is -2.30. The molecule has 110 valence electrons. The molecule has 2 aromatic heterocycles. The molecule has 3 rings (SSSR count). The normalized spacial score (nSPS) is 16.1. The lowest BCUT2D eigenvalue weighted by atomic mass is 9.93. The van der Waals surface area contributed by atoms with E-state index in [4.69, 9.17) is 10.2 Å². The fourth-order valence-electron chi connectivity index (χ4n) is 2.62. The van der Waals surface area contributed by atoms with E-state index in [-0.39, 0.29) is 17.5 Å². The lowest BCUT2D eigenvalue weighted by molar-refractivity contribution is 0.0680. The van der Waals surface area contributed by atoms with Crippen LogP contribution < -0.4 is 5.73 Å². The second-order valence-corrected chi connectivity index (χ2v) is 5.12. The molecule has 1 fully saturated rings. The quantitative estimate of drug-likeness (QED) is 0.882. The number of likely N-dealkylation sites (tertiary alicyclic amines) is 1. The first-order valence-corrected chi connectivity index (χ1v) is 6.83. The molecule has 1 aliphatic rings. The number of rotatable bonds is 3. The van der Waals surface area contributed by atoms with Gasteiger partial charge in [-0.2, -0.15) is 5.10 Å². The van der Waals surface area contributed by atoms with Gasteiger partial charge >= 0.3 is 0 Å². The standard InChI is InChI=1S/C14H16N4O3/c15-13(19)11-8-10(16-17-11)9-3-5-18(6-4-9)14(20)12-2-1-7-21-12/h1-2,7-9H,3-6H2,(H2,15,19)(H,16,17). The summed E-state index contributed by atoms with van der Waals surface area (Å²) < 4.78 is 5.13. The number of furan rings is 1. The number of hydrogen-bond acceptors (Lipinski definition) is 4. The second kappa shape index (κ2) is 5.43. The Labute approximate surface area is 121 Å². The monoisotopic (exact) mass is 288 g/mol. The highest BCUT2D eigenvalue weighted by Crippen LogP contribution is 2.27. The van der Waals surface area contributed by atoms with Gasteiger partial charge in [-0.25, -0.2) is 0 Å². The fourth-order valence-corrected chi connectivity index (χ4v) is 2.62. The largest absolute Gasteiger partial charge is 0.459 e. The van der Waals surface area contributed by atoms with Crippen molar-refractivity contribution in [3.63, 3.8) is 0 Å². The third kappa shape index (κ3) is 2.67. The van der Waals surface area contributed by atoms with Gasteiger partial charge in [0.25, 0.3) is 11.8 Å². The number of amides is 2. The van der Waals surface area contributed by atoms with Crippen LogP contribution in [0, 0.1) is 0 Å². The maximum absolute atomic E-state index is 12.1. The van der Waals surface area contributed by atoms with Crippen LogP contribution in [-0.2, 0) is 0 Å². The minimum Gasteiger partial charge on any atom is -0.459 e. The van der Waals surface area contributed by atoms with Crippen molar-refractivity contribution >= 4 is 11.8 Å². The molecule has 2 amide bonds. The number of piperidine rings is 1. The van der Waals surface area contributed by atoms with E-state index in [2.05, 4.69) is 10.2 Å². The number of nitrogens with one attached hydrogen (secondary N) is 1. The van der Waals surface area contributed by atoms with Gasteiger partial charge in [-0.05, 0) is 31.0 Å². The average molecular weight is 288 g/mol. The first kappa shape index (κ1) is 13.4. The molecule has 0 aromatic carbocycles. The molecule has 0 saturated carbocycles. The number of hydrogen-bond donors (Lipinski definition) is 2. The Hall–Kier alpha value is -2.57. The van der Waals surface area contributed by atoms with Gasteiger partial charge in [-0.15, -0.1) is 0 Å². The number of aromatic amines is 1. The van der Waals surface area contributed by atoms with Crippen LogP contribution in [0.5, 0.6) is 0 Å². The Morgan fingerprint density at radius 2 is 2.14 bits per heavy atom. The van der Waals surface area contributed by atoms with E-state index in [1.54, 1.807) is 23.1 Å². The molecule has 1 aliphatic heterocycles.